The summed E-state index contributed by atoms with van der Waals surface area (Å²) in [5, 5.41) is 3.64. The molecule has 0 spiro atoms. The van der Waals surface area contributed by atoms with Crippen LogP contribution in [-0.4, -0.2) is 0 Å². The predicted octanol–water partition coefficient (Wildman–Crippen LogP) is 6.76. The zero-order chi connectivity index (χ0) is 18.3. The minimum atomic E-state index is -0.189. The van der Waals surface area contributed by atoms with Crippen molar-refractivity contribution in [1.29, 1.82) is 0 Å². The van der Waals surface area contributed by atoms with Gasteiger partial charge in [-0.3, -0.25) is 0 Å². The molecule has 0 saturated carbocycles. The first-order valence-electron chi connectivity index (χ1n) is 9.39. The molecule has 4 aromatic carbocycles. The second kappa shape index (κ2) is 6.14. The van der Waals surface area contributed by atoms with Crippen LogP contribution < -0.4 is 5.32 Å². The Morgan fingerprint density at radius 1 is 0.519 bits per heavy atom. The van der Waals surface area contributed by atoms with E-state index in [2.05, 4.69) is 109 Å². The quantitative estimate of drug-likeness (QED) is 0.431. The molecule has 4 aromatic rings. The van der Waals surface area contributed by atoms with E-state index < -0.39 is 0 Å². The maximum absolute atomic E-state index is 3.64. The second-order valence-electron chi connectivity index (χ2n) is 7.25. The SMILES string of the molecule is CC1(c2ccccc2Nc2ccccc2)c2ccccc2-c2ccccc21. The molecule has 1 nitrogen and oxygen atoms in total. The van der Waals surface area contributed by atoms with Gasteiger partial charge in [0.2, 0.25) is 0 Å². The van der Waals surface area contributed by atoms with E-state index in [-0.39, 0.29) is 5.41 Å². The molecule has 0 radical (unpaired) electrons. The van der Waals surface area contributed by atoms with Crippen LogP contribution in [0.15, 0.2) is 103 Å². The summed E-state index contributed by atoms with van der Waals surface area (Å²) in [6.07, 6.45) is 0. The number of anilines is 2. The first-order valence-corrected chi connectivity index (χ1v) is 9.39. The fourth-order valence-electron chi connectivity index (χ4n) is 4.45. The third-order valence-electron chi connectivity index (χ3n) is 5.74. The molecule has 1 heteroatoms. The van der Waals surface area contributed by atoms with E-state index in [0.29, 0.717) is 0 Å². The van der Waals surface area contributed by atoms with E-state index in [9.17, 15) is 0 Å². The lowest BCUT2D eigenvalue weighted by Gasteiger charge is -2.30. The zero-order valence-electron chi connectivity index (χ0n) is 15.3. The van der Waals surface area contributed by atoms with Crippen molar-refractivity contribution in [2.24, 2.45) is 0 Å². The van der Waals surface area contributed by atoms with Crippen molar-refractivity contribution in [3.8, 4) is 11.1 Å². The number of nitrogens with one attached hydrogen (secondary N) is 1. The predicted molar refractivity (Wildman–Crippen MR) is 114 cm³/mol. The van der Waals surface area contributed by atoms with Crippen molar-refractivity contribution in [2.45, 2.75) is 12.3 Å². The molecular weight excluding hydrogens is 326 g/mol. The largest absolute Gasteiger partial charge is 0.355 e. The smallest absolute Gasteiger partial charge is 0.0456 e. The van der Waals surface area contributed by atoms with Crippen molar-refractivity contribution in [1.82, 2.24) is 0 Å². The van der Waals surface area contributed by atoms with E-state index in [1.807, 2.05) is 6.07 Å². The zero-order valence-corrected chi connectivity index (χ0v) is 15.3. The van der Waals surface area contributed by atoms with E-state index in [0.717, 1.165) is 11.4 Å². The molecule has 0 bridgehead atoms. The normalized spacial score (nSPS) is 13.7. The van der Waals surface area contributed by atoms with Crippen LogP contribution in [0.4, 0.5) is 11.4 Å². The fourth-order valence-corrected chi connectivity index (χ4v) is 4.45. The van der Waals surface area contributed by atoms with Gasteiger partial charge in [0.15, 0.2) is 0 Å². The number of hydrogen-bond donors (Lipinski definition) is 1. The summed E-state index contributed by atoms with van der Waals surface area (Å²) >= 11 is 0. The molecule has 27 heavy (non-hydrogen) atoms. The Labute approximate surface area is 160 Å². The van der Waals surface area contributed by atoms with E-state index in [4.69, 9.17) is 0 Å². The summed E-state index contributed by atoms with van der Waals surface area (Å²) in [5.41, 5.74) is 8.78. The highest BCUT2D eigenvalue weighted by atomic mass is 14.9. The maximum Gasteiger partial charge on any atom is 0.0456 e. The summed E-state index contributed by atoms with van der Waals surface area (Å²) in [5.74, 6) is 0. The molecule has 0 heterocycles. The summed E-state index contributed by atoms with van der Waals surface area (Å²) in [4.78, 5) is 0. The molecule has 0 atom stereocenters. The van der Waals surface area contributed by atoms with Gasteiger partial charge in [-0.1, -0.05) is 84.9 Å². The first kappa shape index (κ1) is 15.9. The minimum absolute atomic E-state index is 0.189. The van der Waals surface area contributed by atoms with Crippen LogP contribution in [0.1, 0.15) is 23.6 Å². The van der Waals surface area contributed by atoms with Crippen LogP contribution in [0.2, 0.25) is 0 Å². The van der Waals surface area contributed by atoms with Crippen molar-refractivity contribution in [2.75, 3.05) is 5.32 Å². The number of hydrogen-bond acceptors (Lipinski definition) is 1. The van der Waals surface area contributed by atoms with Crippen LogP contribution in [0.3, 0.4) is 0 Å². The average Bonchev–Trinajstić information content (AvgIpc) is 3.00. The lowest BCUT2D eigenvalue weighted by Crippen LogP contribution is -2.23. The summed E-state index contributed by atoms with van der Waals surface area (Å²) in [6.45, 7) is 2.35. The Morgan fingerprint density at radius 3 is 1.63 bits per heavy atom. The Bertz CT molecular complexity index is 1070. The molecule has 0 unspecified atom stereocenters. The molecule has 5 rings (SSSR count). The van der Waals surface area contributed by atoms with Gasteiger partial charge in [0, 0.05) is 16.8 Å². The highest BCUT2D eigenvalue weighted by Gasteiger charge is 2.41. The molecule has 1 aliphatic carbocycles. The number of rotatable bonds is 3. The van der Waals surface area contributed by atoms with Gasteiger partial charge in [-0.25, -0.2) is 0 Å². The summed E-state index contributed by atoms with van der Waals surface area (Å²) < 4.78 is 0. The van der Waals surface area contributed by atoms with Gasteiger partial charge in [-0.05, 0) is 52.9 Å². The molecule has 0 aliphatic heterocycles. The van der Waals surface area contributed by atoms with Crippen LogP contribution in [-0.2, 0) is 5.41 Å². The van der Waals surface area contributed by atoms with Crippen molar-refractivity contribution >= 4 is 11.4 Å². The average molecular weight is 347 g/mol. The molecule has 130 valence electrons. The van der Waals surface area contributed by atoms with Gasteiger partial charge >= 0.3 is 0 Å². The van der Waals surface area contributed by atoms with Gasteiger partial charge in [-0.15, -0.1) is 0 Å². The van der Waals surface area contributed by atoms with E-state index in [1.54, 1.807) is 0 Å². The highest BCUT2D eigenvalue weighted by Crippen LogP contribution is 2.53. The van der Waals surface area contributed by atoms with Gasteiger partial charge in [-0.2, -0.15) is 0 Å². The number of para-hydroxylation sites is 2. The van der Waals surface area contributed by atoms with Gasteiger partial charge < -0.3 is 5.32 Å². The monoisotopic (exact) mass is 347 g/mol. The number of benzene rings is 4. The Morgan fingerprint density at radius 2 is 1.00 bits per heavy atom. The molecule has 0 saturated heterocycles. The van der Waals surface area contributed by atoms with E-state index in [1.165, 1.54) is 27.8 Å². The van der Waals surface area contributed by atoms with Crippen LogP contribution in [0.25, 0.3) is 11.1 Å². The second-order valence-corrected chi connectivity index (χ2v) is 7.25. The summed E-state index contributed by atoms with van der Waals surface area (Å²) in [6, 6.07) is 36.7. The lowest BCUT2D eigenvalue weighted by atomic mass is 9.73. The fraction of sp³-hybridized carbons (Fsp3) is 0.0769. The molecule has 1 aliphatic rings. The van der Waals surface area contributed by atoms with Crippen molar-refractivity contribution < 1.29 is 0 Å². The van der Waals surface area contributed by atoms with Crippen molar-refractivity contribution in [3.63, 3.8) is 0 Å². The van der Waals surface area contributed by atoms with Gasteiger partial charge in [0.25, 0.3) is 0 Å². The molecular formula is C26H21N. The summed E-state index contributed by atoms with van der Waals surface area (Å²) in [7, 11) is 0. The third-order valence-corrected chi connectivity index (χ3v) is 5.74. The molecule has 0 fully saturated rings. The van der Waals surface area contributed by atoms with Gasteiger partial charge in [0.1, 0.15) is 0 Å². The lowest BCUT2D eigenvalue weighted by molar-refractivity contribution is 0.716. The molecule has 0 amide bonds. The number of fused-ring (bicyclic) bond motifs is 3. The Hall–Kier alpha value is -3.32. The Balaban J connectivity index is 1.74. The van der Waals surface area contributed by atoms with Crippen LogP contribution in [0, 0.1) is 0 Å². The van der Waals surface area contributed by atoms with Crippen LogP contribution >= 0.6 is 0 Å². The first-order chi connectivity index (χ1) is 13.3. The van der Waals surface area contributed by atoms with Crippen LogP contribution in [0.5, 0.6) is 0 Å². The molecule has 1 N–H and O–H groups in total. The minimum Gasteiger partial charge on any atom is -0.355 e. The van der Waals surface area contributed by atoms with Gasteiger partial charge in [0.05, 0.1) is 0 Å². The van der Waals surface area contributed by atoms with Crippen molar-refractivity contribution in [3.05, 3.63) is 120 Å². The third kappa shape index (κ3) is 2.39. The Kier molecular flexibility index (Phi) is 3.61. The maximum atomic E-state index is 3.64. The standard InChI is InChI=1S/C26H21N/c1-26(22-15-7-5-13-20(22)21-14-6-8-16-23(21)26)24-17-9-10-18-25(24)27-19-11-3-2-4-12-19/h2-18,27H,1H3. The molecule has 0 aromatic heterocycles. The topological polar surface area (TPSA) is 12.0 Å². The highest BCUT2D eigenvalue weighted by molar-refractivity contribution is 5.85. The van der Waals surface area contributed by atoms with E-state index >= 15 is 0 Å².